The second-order valence-electron chi connectivity index (χ2n) is 4.82. The highest BCUT2D eigenvalue weighted by Gasteiger charge is 2.05. The van der Waals surface area contributed by atoms with Gasteiger partial charge < -0.3 is 10.6 Å². The van der Waals surface area contributed by atoms with Gasteiger partial charge in [-0.3, -0.25) is 4.79 Å². The minimum Gasteiger partial charge on any atom is -0.385 e. The van der Waals surface area contributed by atoms with Crippen LogP contribution in [-0.4, -0.2) is 12.5 Å². The van der Waals surface area contributed by atoms with E-state index in [0.717, 1.165) is 24.3 Å². The molecule has 2 aromatic rings. The molecule has 0 aromatic heterocycles. The summed E-state index contributed by atoms with van der Waals surface area (Å²) in [7, 11) is 0. The van der Waals surface area contributed by atoms with Crippen LogP contribution in [0.3, 0.4) is 0 Å². The van der Waals surface area contributed by atoms with Gasteiger partial charge in [-0.1, -0.05) is 24.9 Å². The smallest absolute Gasteiger partial charge is 0.255 e. The van der Waals surface area contributed by atoms with Gasteiger partial charge in [0.25, 0.3) is 5.91 Å². The predicted molar refractivity (Wildman–Crippen MR) is 89.2 cm³/mol. The SMILES string of the molecule is CCCCNc1ccc(NC(=O)c2ccc(Cl)cc2)cc1. The number of unbranched alkanes of at least 4 members (excludes halogenated alkanes) is 1. The topological polar surface area (TPSA) is 41.1 Å². The van der Waals surface area contributed by atoms with E-state index >= 15 is 0 Å². The number of halogens is 1. The maximum atomic E-state index is 12.1. The van der Waals surface area contributed by atoms with Gasteiger partial charge in [0.2, 0.25) is 0 Å². The molecule has 0 heterocycles. The minimum absolute atomic E-state index is 0.140. The fourth-order valence-electron chi connectivity index (χ4n) is 1.89. The Bertz CT molecular complexity index is 579. The highest BCUT2D eigenvalue weighted by Crippen LogP contribution is 2.16. The van der Waals surface area contributed by atoms with Crippen molar-refractivity contribution in [3.63, 3.8) is 0 Å². The van der Waals surface area contributed by atoms with Crippen molar-refractivity contribution in [1.29, 1.82) is 0 Å². The fraction of sp³-hybridized carbons (Fsp3) is 0.235. The first-order chi connectivity index (χ1) is 10.2. The van der Waals surface area contributed by atoms with E-state index in [0.29, 0.717) is 10.6 Å². The molecule has 0 aliphatic carbocycles. The van der Waals surface area contributed by atoms with Gasteiger partial charge in [-0.05, 0) is 55.0 Å². The number of hydrogen-bond acceptors (Lipinski definition) is 2. The Morgan fingerprint density at radius 3 is 2.24 bits per heavy atom. The summed E-state index contributed by atoms with van der Waals surface area (Å²) in [4.78, 5) is 12.1. The second kappa shape index (κ2) is 7.70. The summed E-state index contributed by atoms with van der Waals surface area (Å²) < 4.78 is 0. The van der Waals surface area contributed by atoms with Gasteiger partial charge in [0.15, 0.2) is 0 Å². The summed E-state index contributed by atoms with van der Waals surface area (Å²) in [5.41, 5.74) is 2.42. The largest absolute Gasteiger partial charge is 0.385 e. The van der Waals surface area contributed by atoms with E-state index in [9.17, 15) is 4.79 Å². The molecule has 2 N–H and O–H groups in total. The van der Waals surface area contributed by atoms with Crippen molar-refractivity contribution in [1.82, 2.24) is 0 Å². The summed E-state index contributed by atoms with van der Waals surface area (Å²) in [6, 6.07) is 14.5. The molecular weight excluding hydrogens is 284 g/mol. The lowest BCUT2D eigenvalue weighted by Gasteiger charge is -2.08. The third kappa shape index (κ3) is 4.80. The molecule has 3 nitrogen and oxygen atoms in total. The van der Waals surface area contributed by atoms with E-state index in [2.05, 4.69) is 17.6 Å². The lowest BCUT2D eigenvalue weighted by atomic mass is 10.2. The summed E-state index contributed by atoms with van der Waals surface area (Å²) in [6.45, 7) is 3.13. The Balaban J connectivity index is 1.93. The first-order valence-electron chi connectivity index (χ1n) is 7.10. The maximum Gasteiger partial charge on any atom is 0.255 e. The van der Waals surface area contributed by atoms with E-state index in [1.807, 2.05) is 24.3 Å². The number of amides is 1. The Morgan fingerprint density at radius 2 is 1.62 bits per heavy atom. The Hall–Kier alpha value is -2.00. The van der Waals surface area contributed by atoms with Crippen LogP contribution in [0.2, 0.25) is 5.02 Å². The Morgan fingerprint density at radius 1 is 1.00 bits per heavy atom. The van der Waals surface area contributed by atoms with Gasteiger partial charge >= 0.3 is 0 Å². The van der Waals surface area contributed by atoms with E-state index in [1.54, 1.807) is 24.3 Å². The van der Waals surface area contributed by atoms with Crippen LogP contribution in [0.5, 0.6) is 0 Å². The Labute approximate surface area is 130 Å². The molecule has 0 atom stereocenters. The highest BCUT2D eigenvalue weighted by atomic mass is 35.5. The van der Waals surface area contributed by atoms with E-state index in [4.69, 9.17) is 11.6 Å². The Kier molecular flexibility index (Phi) is 5.64. The van der Waals surface area contributed by atoms with Crippen LogP contribution in [0.1, 0.15) is 30.1 Å². The van der Waals surface area contributed by atoms with Crippen molar-refractivity contribution in [3.05, 3.63) is 59.1 Å². The first-order valence-corrected chi connectivity index (χ1v) is 7.47. The van der Waals surface area contributed by atoms with Crippen LogP contribution < -0.4 is 10.6 Å². The lowest BCUT2D eigenvalue weighted by Crippen LogP contribution is -2.11. The van der Waals surface area contributed by atoms with Crippen LogP contribution in [-0.2, 0) is 0 Å². The summed E-state index contributed by atoms with van der Waals surface area (Å²) in [5, 5.41) is 6.82. The molecule has 110 valence electrons. The molecule has 4 heteroatoms. The monoisotopic (exact) mass is 302 g/mol. The summed E-state index contributed by atoms with van der Waals surface area (Å²) in [6.07, 6.45) is 2.32. The average Bonchev–Trinajstić information content (AvgIpc) is 2.50. The van der Waals surface area contributed by atoms with Gasteiger partial charge in [-0.15, -0.1) is 0 Å². The molecule has 0 aliphatic heterocycles. The van der Waals surface area contributed by atoms with Crippen LogP contribution >= 0.6 is 11.6 Å². The first kappa shape index (κ1) is 15.4. The maximum absolute atomic E-state index is 12.1. The second-order valence-corrected chi connectivity index (χ2v) is 5.26. The standard InChI is InChI=1S/C17H19ClN2O/c1-2-3-12-19-15-8-10-16(11-9-15)20-17(21)13-4-6-14(18)7-5-13/h4-11,19H,2-3,12H2,1H3,(H,20,21). The summed E-state index contributed by atoms with van der Waals surface area (Å²) >= 11 is 5.81. The lowest BCUT2D eigenvalue weighted by molar-refractivity contribution is 0.102. The number of nitrogens with one attached hydrogen (secondary N) is 2. The number of carbonyl (C=O) groups is 1. The normalized spacial score (nSPS) is 10.2. The summed E-state index contributed by atoms with van der Waals surface area (Å²) in [5.74, 6) is -0.140. The third-order valence-electron chi connectivity index (χ3n) is 3.11. The number of rotatable bonds is 6. The molecule has 2 aromatic carbocycles. The molecule has 0 spiro atoms. The van der Waals surface area contributed by atoms with E-state index in [-0.39, 0.29) is 5.91 Å². The number of hydrogen-bond donors (Lipinski definition) is 2. The molecule has 0 unspecified atom stereocenters. The molecule has 0 fully saturated rings. The quantitative estimate of drug-likeness (QED) is 0.752. The number of carbonyl (C=O) groups excluding carboxylic acids is 1. The van der Waals surface area contributed by atoms with Crippen LogP contribution in [0, 0.1) is 0 Å². The fourth-order valence-corrected chi connectivity index (χ4v) is 2.01. The number of anilines is 2. The highest BCUT2D eigenvalue weighted by molar-refractivity contribution is 6.30. The van der Waals surface area contributed by atoms with E-state index < -0.39 is 0 Å². The van der Waals surface area contributed by atoms with Crippen LogP contribution in [0.25, 0.3) is 0 Å². The molecular formula is C17H19ClN2O. The van der Waals surface area contributed by atoms with Gasteiger partial charge in [0.05, 0.1) is 0 Å². The molecule has 0 saturated heterocycles. The van der Waals surface area contributed by atoms with Gasteiger partial charge in [0, 0.05) is 28.5 Å². The van der Waals surface area contributed by atoms with Crippen LogP contribution in [0.4, 0.5) is 11.4 Å². The van der Waals surface area contributed by atoms with E-state index in [1.165, 1.54) is 6.42 Å². The van der Waals surface area contributed by atoms with Crippen molar-refractivity contribution in [2.75, 3.05) is 17.2 Å². The zero-order valence-electron chi connectivity index (χ0n) is 12.0. The van der Waals surface area contributed by atoms with Crippen molar-refractivity contribution in [3.8, 4) is 0 Å². The molecule has 0 aliphatic rings. The molecule has 1 amide bonds. The number of benzene rings is 2. The van der Waals surface area contributed by atoms with Gasteiger partial charge in [-0.2, -0.15) is 0 Å². The molecule has 0 saturated carbocycles. The van der Waals surface area contributed by atoms with Gasteiger partial charge in [0.1, 0.15) is 0 Å². The van der Waals surface area contributed by atoms with Gasteiger partial charge in [-0.25, -0.2) is 0 Å². The van der Waals surface area contributed by atoms with Crippen molar-refractivity contribution < 1.29 is 4.79 Å². The third-order valence-corrected chi connectivity index (χ3v) is 3.36. The van der Waals surface area contributed by atoms with Crippen LogP contribution in [0.15, 0.2) is 48.5 Å². The zero-order chi connectivity index (χ0) is 15.1. The van der Waals surface area contributed by atoms with Crippen molar-refractivity contribution >= 4 is 28.9 Å². The zero-order valence-corrected chi connectivity index (χ0v) is 12.8. The minimum atomic E-state index is -0.140. The average molecular weight is 303 g/mol. The predicted octanol–water partition coefficient (Wildman–Crippen LogP) is 4.80. The molecule has 0 bridgehead atoms. The van der Waals surface area contributed by atoms with Crippen molar-refractivity contribution in [2.24, 2.45) is 0 Å². The molecule has 0 radical (unpaired) electrons. The molecule has 2 rings (SSSR count). The van der Waals surface area contributed by atoms with Crippen molar-refractivity contribution in [2.45, 2.75) is 19.8 Å². The molecule has 21 heavy (non-hydrogen) atoms.